The number of carbonyl (C=O) groups is 3. The molecule has 0 saturated carbocycles. The van der Waals surface area contributed by atoms with Gasteiger partial charge in [-0.3, -0.25) is 4.79 Å². The molecule has 7 rings (SSSR count). The fraction of sp³-hybridized carbons (Fsp3) is 0.327. The van der Waals surface area contributed by atoms with Crippen molar-refractivity contribution in [2.45, 2.75) is 94.7 Å². The van der Waals surface area contributed by atoms with E-state index in [2.05, 4.69) is 5.32 Å². The molecule has 5 aromatic carbocycles. The van der Waals surface area contributed by atoms with Gasteiger partial charge in [0.2, 0.25) is 5.91 Å². The van der Waals surface area contributed by atoms with Gasteiger partial charge in [0.15, 0.2) is 24.8 Å². The Bertz CT molecular complexity index is 2170. The highest BCUT2D eigenvalue weighted by Crippen LogP contribution is 2.36. The maximum atomic E-state index is 14.1. The predicted molar refractivity (Wildman–Crippen MR) is 226 cm³/mol. The normalized spacial score (nSPS) is 25.7. The van der Waals surface area contributed by atoms with Crippen molar-refractivity contribution in [2.24, 2.45) is 0 Å². The zero-order valence-corrected chi connectivity index (χ0v) is 34.6. The molecule has 2 fully saturated rings. The molecule has 2 aliphatic heterocycles. The second-order valence-corrected chi connectivity index (χ2v) is 15.1. The number of benzene rings is 5. The van der Waals surface area contributed by atoms with Gasteiger partial charge in [-0.15, -0.1) is 0 Å². The van der Waals surface area contributed by atoms with Crippen LogP contribution in [-0.2, 0) is 73.9 Å². The molecular formula is C49H51NO13. The number of hydrogen-bond acceptors (Lipinski definition) is 12. The first-order chi connectivity index (χ1) is 30.8. The lowest BCUT2D eigenvalue weighted by atomic mass is 9.94. The quantitative estimate of drug-likeness (QED) is 0.0876. The molecule has 2 heterocycles. The number of aliphatic hydroxyl groups is 1. The van der Waals surface area contributed by atoms with Crippen molar-refractivity contribution in [1.82, 2.24) is 5.32 Å². The van der Waals surface area contributed by atoms with Gasteiger partial charge in [0.1, 0.15) is 36.6 Å². The highest BCUT2D eigenvalue weighted by atomic mass is 16.8. The highest BCUT2D eigenvalue weighted by molar-refractivity contribution is 5.89. The third-order valence-electron chi connectivity index (χ3n) is 10.6. The Morgan fingerprint density at radius 2 is 0.984 bits per heavy atom. The minimum atomic E-state index is -1.73. The smallest absolute Gasteiger partial charge is 0.338 e. The standard InChI is InChI=1S/C49H51NO13/c1-32(52)50-39-41(40(56-28-33-17-7-2-8-18-33)38(27-51)60-48(39)59-31-36-23-13-5-14-24-36)62-49-45(61-47(55)37-25-15-6-16-26-37)43(58-30-35-21-11-4-12-22-35)42(44(63-49)46(53)54)57-29-34-19-9-3-10-20-34/h2-26,38-45,48-49,51H,27-31H2,1H3,(H,50,52)(H,53,54)/t38-,39-,40+,41-,42+,43+,44+,45-,48-,49-/m1/s1. The van der Waals surface area contributed by atoms with Crippen molar-refractivity contribution < 1.29 is 62.5 Å². The van der Waals surface area contributed by atoms with Crippen LogP contribution in [0.15, 0.2) is 152 Å². The van der Waals surface area contributed by atoms with E-state index in [-0.39, 0.29) is 32.0 Å². The van der Waals surface area contributed by atoms with Crippen LogP contribution in [0.4, 0.5) is 0 Å². The summed E-state index contributed by atoms with van der Waals surface area (Å²) in [6.45, 7) is 0.759. The Labute approximate surface area is 365 Å². The van der Waals surface area contributed by atoms with Crippen molar-refractivity contribution in [1.29, 1.82) is 0 Å². The first-order valence-corrected chi connectivity index (χ1v) is 20.7. The zero-order chi connectivity index (χ0) is 44.0. The second-order valence-electron chi connectivity index (χ2n) is 15.1. The van der Waals surface area contributed by atoms with E-state index in [1.165, 1.54) is 6.92 Å². The largest absolute Gasteiger partial charge is 0.479 e. The summed E-state index contributed by atoms with van der Waals surface area (Å²) < 4.78 is 51.6. The Hall–Kier alpha value is -5.81. The second kappa shape index (κ2) is 22.5. The average molecular weight is 862 g/mol. The monoisotopic (exact) mass is 861 g/mol. The number of carbonyl (C=O) groups excluding carboxylic acids is 2. The minimum Gasteiger partial charge on any atom is -0.479 e. The SMILES string of the molecule is CC(=O)N[C@H]1[C@H](OCc2ccccc2)O[C@H](CO)[C@H](OCc2ccccc2)[C@@H]1O[C@@H]1O[C@H](C(=O)O)[C@@H](OCc2ccccc2)[C@H](OCc2ccccc2)[C@H]1OC(=O)c1ccccc1. The van der Waals surface area contributed by atoms with Crippen LogP contribution >= 0.6 is 0 Å². The van der Waals surface area contributed by atoms with Gasteiger partial charge in [-0.1, -0.05) is 140 Å². The van der Waals surface area contributed by atoms with Crippen molar-refractivity contribution in [3.63, 3.8) is 0 Å². The molecule has 0 spiro atoms. The van der Waals surface area contributed by atoms with E-state index < -0.39 is 85.8 Å². The molecule has 0 unspecified atom stereocenters. The van der Waals surface area contributed by atoms with E-state index in [1.54, 1.807) is 30.3 Å². The molecule has 14 heteroatoms. The summed E-state index contributed by atoms with van der Waals surface area (Å²) in [4.78, 5) is 40.4. The highest BCUT2D eigenvalue weighted by Gasteiger charge is 2.56. The Balaban J connectivity index is 1.30. The van der Waals surface area contributed by atoms with E-state index in [1.807, 2.05) is 121 Å². The first kappa shape index (κ1) is 45.2. The molecule has 2 aliphatic rings. The van der Waals surface area contributed by atoms with E-state index >= 15 is 0 Å². The number of carboxylic acids is 1. The van der Waals surface area contributed by atoms with Crippen LogP contribution in [0.3, 0.4) is 0 Å². The summed E-state index contributed by atoms with van der Waals surface area (Å²) in [7, 11) is 0. The van der Waals surface area contributed by atoms with Crippen LogP contribution in [0.25, 0.3) is 0 Å². The van der Waals surface area contributed by atoms with Gasteiger partial charge < -0.3 is 53.4 Å². The Kier molecular flexibility index (Phi) is 16.2. The average Bonchev–Trinajstić information content (AvgIpc) is 3.31. The van der Waals surface area contributed by atoms with Crippen LogP contribution in [0.2, 0.25) is 0 Å². The number of rotatable bonds is 19. The van der Waals surface area contributed by atoms with Gasteiger partial charge in [-0.25, -0.2) is 9.59 Å². The number of esters is 1. The van der Waals surface area contributed by atoms with Crippen LogP contribution < -0.4 is 5.32 Å². The molecule has 14 nitrogen and oxygen atoms in total. The van der Waals surface area contributed by atoms with E-state index in [4.69, 9.17) is 37.9 Å². The molecule has 330 valence electrons. The lowest BCUT2D eigenvalue weighted by Gasteiger charge is -2.49. The van der Waals surface area contributed by atoms with Crippen molar-refractivity contribution in [2.75, 3.05) is 6.61 Å². The van der Waals surface area contributed by atoms with Gasteiger partial charge in [0.25, 0.3) is 0 Å². The van der Waals surface area contributed by atoms with Crippen LogP contribution in [0.5, 0.6) is 0 Å². The van der Waals surface area contributed by atoms with E-state index in [0.717, 1.165) is 22.3 Å². The molecule has 0 aliphatic carbocycles. The number of aliphatic carboxylic acids is 1. The van der Waals surface area contributed by atoms with Crippen LogP contribution in [-0.4, -0.2) is 96.0 Å². The maximum Gasteiger partial charge on any atom is 0.338 e. The molecule has 0 radical (unpaired) electrons. The molecule has 0 aromatic heterocycles. The summed E-state index contributed by atoms with van der Waals surface area (Å²) in [5.74, 6) is -2.66. The molecule has 5 aromatic rings. The molecule has 2 saturated heterocycles. The molecule has 1 amide bonds. The molecule has 3 N–H and O–H groups in total. The number of amides is 1. The fourth-order valence-electron chi connectivity index (χ4n) is 7.53. The molecule has 63 heavy (non-hydrogen) atoms. The topological polar surface area (TPSA) is 178 Å². The third kappa shape index (κ3) is 12.2. The third-order valence-corrected chi connectivity index (χ3v) is 10.6. The lowest BCUT2D eigenvalue weighted by molar-refractivity contribution is -0.351. The summed E-state index contributed by atoms with van der Waals surface area (Å²) in [5.41, 5.74) is 3.28. The summed E-state index contributed by atoms with van der Waals surface area (Å²) >= 11 is 0. The van der Waals surface area contributed by atoms with Crippen molar-refractivity contribution in [3.8, 4) is 0 Å². The predicted octanol–water partition coefficient (Wildman–Crippen LogP) is 5.60. The summed E-state index contributed by atoms with van der Waals surface area (Å²) in [6, 6.07) is 44.0. The van der Waals surface area contributed by atoms with Gasteiger partial charge in [0, 0.05) is 6.92 Å². The van der Waals surface area contributed by atoms with Gasteiger partial charge in [-0.2, -0.15) is 0 Å². The number of carboxylic acid groups (broad SMARTS) is 1. The molecule has 10 atom stereocenters. The van der Waals surface area contributed by atoms with Crippen molar-refractivity contribution in [3.05, 3.63) is 179 Å². The number of aliphatic hydroxyl groups excluding tert-OH is 1. The summed E-state index contributed by atoms with van der Waals surface area (Å²) in [6.07, 6.45) is -12.4. The number of hydrogen-bond donors (Lipinski definition) is 3. The van der Waals surface area contributed by atoms with Gasteiger partial charge in [-0.05, 0) is 34.4 Å². The van der Waals surface area contributed by atoms with Gasteiger partial charge in [0.05, 0.1) is 38.6 Å². The van der Waals surface area contributed by atoms with E-state index in [0.29, 0.717) is 0 Å². The fourth-order valence-corrected chi connectivity index (χ4v) is 7.53. The Morgan fingerprint density at radius 3 is 1.44 bits per heavy atom. The van der Waals surface area contributed by atoms with E-state index in [9.17, 15) is 24.6 Å². The number of nitrogens with one attached hydrogen (secondary N) is 1. The first-order valence-electron chi connectivity index (χ1n) is 20.7. The molecular weight excluding hydrogens is 811 g/mol. The maximum absolute atomic E-state index is 14.1. The van der Waals surface area contributed by atoms with Crippen LogP contribution in [0, 0.1) is 0 Å². The molecule has 0 bridgehead atoms. The summed E-state index contributed by atoms with van der Waals surface area (Å²) in [5, 5.41) is 24.6. The zero-order valence-electron chi connectivity index (χ0n) is 34.6. The van der Waals surface area contributed by atoms with Crippen LogP contribution in [0.1, 0.15) is 39.5 Å². The number of ether oxygens (including phenoxy) is 8. The lowest BCUT2D eigenvalue weighted by Crippen LogP contribution is -2.69. The Morgan fingerprint density at radius 1 is 0.540 bits per heavy atom. The van der Waals surface area contributed by atoms with Gasteiger partial charge >= 0.3 is 11.9 Å². The van der Waals surface area contributed by atoms with Crippen molar-refractivity contribution >= 4 is 17.8 Å². The minimum absolute atomic E-state index is 0.0292.